The molecule has 5 rings (SSSR count). The van der Waals surface area contributed by atoms with Crippen molar-refractivity contribution >= 4 is 21.8 Å². The summed E-state index contributed by atoms with van der Waals surface area (Å²) in [5, 5.41) is 6.70. The minimum Gasteiger partial charge on any atom is -0.355 e. The molecule has 4 heteroatoms. The Hall–Kier alpha value is -0.870. The summed E-state index contributed by atoms with van der Waals surface area (Å²) in [5.74, 6) is 1.21. The molecule has 1 saturated heterocycles. The molecule has 3 aliphatic carbocycles. The summed E-state index contributed by atoms with van der Waals surface area (Å²) in [6, 6.07) is 8.31. The van der Waals surface area contributed by atoms with E-state index in [-0.39, 0.29) is 11.3 Å². The van der Waals surface area contributed by atoms with E-state index in [0.29, 0.717) is 5.41 Å². The molecule has 1 aromatic rings. The van der Waals surface area contributed by atoms with Gasteiger partial charge in [0, 0.05) is 11.0 Å². The predicted molar refractivity (Wildman–Crippen MR) is 90.7 cm³/mol. The lowest BCUT2D eigenvalue weighted by Gasteiger charge is -2.62. The van der Waals surface area contributed by atoms with Gasteiger partial charge in [0.25, 0.3) is 0 Å². The summed E-state index contributed by atoms with van der Waals surface area (Å²) < 4.78 is 1.06. The summed E-state index contributed by atoms with van der Waals surface area (Å²) in [4.78, 5) is 13.1. The molecular formula is C18H23BrN2O. The van der Waals surface area contributed by atoms with Gasteiger partial charge in [-0.25, -0.2) is 0 Å². The maximum atomic E-state index is 13.1. The highest BCUT2D eigenvalue weighted by atomic mass is 79.9. The first-order chi connectivity index (χ1) is 10.6. The van der Waals surface area contributed by atoms with Crippen LogP contribution in [0.15, 0.2) is 28.7 Å². The molecule has 3 nitrogen and oxygen atoms in total. The van der Waals surface area contributed by atoms with Crippen LogP contribution in [0.5, 0.6) is 0 Å². The number of rotatable bonds is 4. The molecule has 1 aliphatic heterocycles. The molecule has 3 saturated carbocycles. The lowest BCUT2D eigenvalue weighted by atomic mass is 9.44. The molecule has 2 bridgehead atoms. The first-order valence-electron chi connectivity index (χ1n) is 8.37. The van der Waals surface area contributed by atoms with Crippen molar-refractivity contribution in [1.29, 1.82) is 0 Å². The standard InChI is InChI=1S/C18H23BrN2O/c19-15-3-1-14(2-4-15)18(5-7-20-8-6-18)16(22)21-12-17-9-13(10-17)11-17/h1-4,13,20H,5-12H2,(H,21,22). The van der Waals surface area contributed by atoms with Crippen molar-refractivity contribution in [2.45, 2.75) is 37.5 Å². The van der Waals surface area contributed by atoms with Crippen molar-refractivity contribution < 1.29 is 4.79 Å². The van der Waals surface area contributed by atoms with Crippen LogP contribution in [0, 0.1) is 11.3 Å². The second-order valence-electron chi connectivity index (χ2n) is 7.50. The minimum absolute atomic E-state index is 0.237. The quantitative estimate of drug-likeness (QED) is 0.864. The molecule has 1 amide bonds. The number of nitrogens with one attached hydrogen (secondary N) is 2. The molecule has 118 valence electrons. The summed E-state index contributed by atoms with van der Waals surface area (Å²) in [6.45, 7) is 2.71. The fourth-order valence-corrected chi connectivity index (χ4v) is 4.84. The highest BCUT2D eigenvalue weighted by Crippen LogP contribution is 2.63. The van der Waals surface area contributed by atoms with Gasteiger partial charge in [0.05, 0.1) is 5.41 Å². The monoisotopic (exact) mass is 362 g/mol. The van der Waals surface area contributed by atoms with Crippen molar-refractivity contribution in [3.63, 3.8) is 0 Å². The van der Waals surface area contributed by atoms with Gasteiger partial charge in [-0.2, -0.15) is 0 Å². The van der Waals surface area contributed by atoms with Crippen molar-refractivity contribution in [1.82, 2.24) is 10.6 Å². The highest BCUT2D eigenvalue weighted by Gasteiger charge is 2.56. The Labute approximate surface area is 140 Å². The molecule has 0 unspecified atom stereocenters. The van der Waals surface area contributed by atoms with E-state index in [1.165, 1.54) is 19.3 Å². The van der Waals surface area contributed by atoms with E-state index in [9.17, 15) is 4.79 Å². The Bertz CT molecular complexity index is 560. The number of hydrogen-bond acceptors (Lipinski definition) is 2. The molecule has 4 fully saturated rings. The van der Waals surface area contributed by atoms with Crippen molar-refractivity contribution in [2.24, 2.45) is 11.3 Å². The first-order valence-corrected chi connectivity index (χ1v) is 9.16. The Morgan fingerprint density at radius 3 is 2.36 bits per heavy atom. The van der Waals surface area contributed by atoms with Gasteiger partial charge in [-0.15, -0.1) is 0 Å². The zero-order valence-corrected chi connectivity index (χ0v) is 14.4. The minimum atomic E-state index is -0.352. The third-order valence-electron chi connectivity index (χ3n) is 6.08. The fraction of sp³-hybridized carbons (Fsp3) is 0.611. The highest BCUT2D eigenvalue weighted by molar-refractivity contribution is 9.10. The van der Waals surface area contributed by atoms with Crippen LogP contribution >= 0.6 is 15.9 Å². The normalized spacial score (nSPS) is 31.8. The number of carbonyl (C=O) groups is 1. The third-order valence-corrected chi connectivity index (χ3v) is 6.61. The largest absolute Gasteiger partial charge is 0.355 e. The molecular weight excluding hydrogens is 340 g/mol. The van der Waals surface area contributed by atoms with Gasteiger partial charge in [0.15, 0.2) is 0 Å². The van der Waals surface area contributed by atoms with Crippen LogP contribution in [0.25, 0.3) is 0 Å². The van der Waals surface area contributed by atoms with E-state index < -0.39 is 0 Å². The van der Waals surface area contributed by atoms with Gasteiger partial charge in [0.2, 0.25) is 5.91 Å². The van der Waals surface area contributed by atoms with Crippen LogP contribution in [-0.2, 0) is 10.2 Å². The van der Waals surface area contributed by atoms with Crippen LogP contribution in [0.3, 0.4) is 0 Å². The summed E-state index contributed by atoms with van der Waals surface area (Å²) in [5.41, 5.74) is 1.27. The van der Waals surface area contributed by atoms with Crippen LogP contribution in [0.4, 0.5) is 0 Å². The molecule has 1 aromatic carbocycles. The second kappa shape index (κ2) is 5.34. The van der Waals surface area contributed by atoms with E-state index in [2.05, 4.69) is 38.7 Å². The number of benzene rings is 1. The molecule has 1 heterocycles. The third kappa shape index (κ3) is 2.31. The van der Waals surface area contributed by atoms with Crippen molar-refractivity contribution in [3.8, 4) is 0 Å². The van der Waals surface area contributed by atoms with Crippen molar-refractivity contribution in [3.05, 3.63) is 34.3 Å². The lowest BCUT2D eigenvalue weighted by Crippen LogP contribution is -2.60. The molecule has 0 radical (unpaired) electrons. The first kappa shape index (κ1) is 14.7. The number of carbonyl (C=O) groups excluding carboxylic acids is 1. The van der Waals surface area contributed by atoms with E-state index in [0.717, 1.165) is 48.4 Å². The number of piperidine rings is 1. The molecule has 2 N–H and O–H groups in total. The van der Waals surface area contributed by atoms with Gasteiger partial charge in [-0.05, 0) is 74.2 Å². The maximum Gasteiger partial charge on any atom is 0.230 e. The van der Waals surface area contributed by atoms with E-state index >= 15 is 0 Å². The molecule has 0 aromatic heterocycles. The van der Waals surface area contributed by atoms with E-state index in [1.807, 2.05) is 12.1 Å². The molecule has 0 spiro atoms. The lowest BCUT2D eigenvalue weighted by molar-refractivity contribution is -0.135. The van der Waals surface area contributed by atoms with Crippen LogP contribution < -0.4 is 10.6 Å². The summed E-state index contributed by atoms with van der Waals surface area (Å²) in [7, 11) is 0. The summed E-state index contributed by atoms with van der Waals surface area (Å²) >= 11 is 3.49. The van der Waals surface area contributed by atoms with Crippen molar-refractivity contribution in [2.75, 3.05) is 19.6 Å². The number of halogens is 1. The Morgan fingerprint density at radius 2 is 1.82 bits per heavy atom. The smallest absolute Gasteiger partial charge is 0.230 e. The Morgan fingerprint density at radius 1 is 1.18 bits per heavy atom. The molecule has 4 aliphatic rings. The van der Waals surface area contributed by atoms with Crippen LogP contribution in [-0.4, -0.2) is 25.5 Å². The molecule has 22 heavy (non-hydrogen) atoms. The fourth-order valence-electron chi connectivity index (χ4n) is 4.58. The van der Waals surface area contributed by atoms with Gasteiger partial charge in [-0.1, -0.05) is 28.1 Å². The SMILES string of the molecule is O=C(NCC12CC(C1)C2)C1(c2ccc(Br)cc2)CCNCC1. The Kier molecular flexibility index (Phi) is 3.57. The zero-order valence-electron chi connectivity index (χ0n) is 12.8. The topological polar surface area (TPSA) is 41.1 Å². The van der Waals surface area contributed by atoms with Crippen LogP contribution in [0.2, 0.25) is 0 Å². The van der Waals surface area contributed by atoms with Crippen LogP contribution in [0.1, 0.15) is 37.7 Å². The second-order valence-corrected chi connectivity index (χ2v) is 8.42. The van der Waals surface area contributed by atoms with E-state index in [4.69, 9.17) is 0 Å². The van der Waals surface area contributed by atoms with Gasteiger partial charge < -0.3 is 10.6 Å². The maximum absolute atomic E-state index is 13.1. The van der Waals surface area contributed by atoms with Gasteiger partial charge in [-0.3, -0.25) is 4.79 Å². The Balaban J connectivity index is 1.53. The van der Waals surface area contributed by atoms with Gasteiger partial charge in [0.1, 0.15) is 0 Å². The van der Waals surface area contributed by atoms with E-state index in [1.54, 1.807) is 0 Å². The van der Waals surface area contributed by atoms with Gasteiger partial charge >= 0.3 is 0 Å². The number of hydrogen-bond donors (Lipinski definition) is 2. The predicted octanol–water partition coefficient (Wildman–Crippen LogP) is 2.99. The average Bonchev–Trinajstić information content (AvgIpc) is 2.45. The number of amides is 1. The summed E-state index contributed by atoms with van der Waals surface area (Å²) in [6.07, 6.45) is 5.77. The molecule has 0 atom stereocenters. The zero-order chi connectivity index (χ0) is 15.2. The average molecular weight is 363 g/mol.